The highest BCUT2D eigenvalue weighted by Gasteiger charge is 2.32. The van der Waals surface area contributed by atoms with Crippen molar-refractivity contribution in [1.29, 1.82) is 0 Å². The van der Waals surface area contributed by atoms with Gasteiger partial charge in [-0.1, -0.05) is 6.07 Å². The molecule has 0 amide bonds. The third kappa shape index (κ3) is 2.43. The van der Waals surface area contributed by atoms with Crippen LogP contribution in [-0.2, 0) is 4.79 Å². The van der Waals surface area contributed by atoms with E-state index in [-0.39, 0.29) is 17.6 Å². The highest BCUT2D eigenvalue weighted by Crippen LogP contribution is 2.38. The molecule has 1 aliphatic carbocycles. The average molecular weight is 298 g/mol. The zero-order valence-electron chi connectivity index (χ0n) is 12.2. The highest BCUT2D eigenvalue weighted by molar-refractivity contribution is 6.02. The number of benzene rings is 1. The molecule has 1 unspecified atom stereocenters. The predicted molar refractivity (Wildman–Crippen MR) is 77.1 cm³/mol. The first-order chi connectivity index (χ1) is 10.5. The minimum atomic E-state index is -0.429. The van der Waals surface area contributed by atoms with Gasteiger partial charge in [0.05, 0.1) is 5.69 Å². The largest absolute Gasteiger partial charge is 0.427 e. The average Bonchev–Trinajstić information content (AvgIpc) is 3.04. The maximum absolute atomic E-state index is 12.2. The molecule has 6 nitrogen and oxygen atoms in total. The Morgan fingerprint density at radius 1 is 1.27 bits per heavy atom. The SMILES string of the molecule is CC(=O)Oc1ccc2c(c1)C(=O)CC2c1ccn(C(C)=O)n1. The molecule has 1 aromatic heterocycles. The quantitative estimate of drug-likeness (QED) is 0.627. The van der Waals surface area contributed by atoms with Gasteiger partial charge in [-0.3, -0.25) is 14.4 Å². The summed E-state index contributed by atoms with van der Waals surface area (Å²) in [5, 5.41) is 4.23. The van der Waals surface area contributed by atoms with E-state index >= 15 is 0 Å². The van der Waals surface area contributed by atoms with Gasteiger partial charge in [0, 0.05) is 37.9 Å². The van der Waals surface area contributed by atoms with E-state index < -0.39 is 5.97 Å². The lowest BCUT2D eigenvalue weighted by Gasteiger charge is -2.08. The van der Waals surface area contributed by atoms with Gasteiger partial charge in [0.25, 0.3) is 0 Å². The molecule has 0 saturated carbocycles. The van der Waals surface area contributed by atoms with E-state index in [2.05, 4.69) is 5.10 Å². The fourth-order valence-electron chi connectivity index (χ4n) is 2.68. The molecule has 1 atom stereocenters. The first-order valence-corrected chi connectivity index (χ1v) is 6.88. The standard InChI is InChI=1S/C16H14N2O4/c1-9(19)18-6-5-15(17-18)13-8-16(21)14-7-11(22-10(2)20)3-4-12(13)14/h3-7,13H,8H2,1-2H3. The zero-order chi connectivity index (χ0) is 15.9. The van der Waals surface area contributed by atoms with E-state index in [1.54, 1.807) is 30.5 Å². The van der Waals surface area contributed by atoms with E-state index in [4.69, 9.17) is 4.74 Å². The summed E-state index contributed by atoms with van der Waals surface area (Å²) < 4.78 is 6.26. The topological polar surface area (TPSA) is 78.3 Å². The van der Waals surface area contributed by atoms with Gasteiger partial charge in [-0.05, 0) is 23.8 Å². The number of esters is 1. The smallest absolute Gasteiger partial charge is 0.308 e. The molecule has 0 radical (unpaired) electrons. The molecular weight excluding hydrogens is 284 g/mol. The van der Waals surface area contributed by atoms with Gasteiger partial charge >= 0.3 is 5.97 Å². The normalized spacial score (nSPS) is 16.5. The van der Waals surface area contributed by atoms with Crippen LogP contribution in [0.4, 0.5) is 0 Å². The number of Topliss-reactive ketones (excluding diaryl/α,β-unsaturated/α-hetero) is 1. The minimum Gasteiger partial charge on any atom is -0.427 e. The number of ketones is 1. The zero-order valence-corrected chi connectivity index (χ0v) is 12.2. The summed E-state index contributed by atoms with van der Waals surface area (Å²) in [6, 6.07) is 6.76. The number of aromatic nitrogens is 2. The Hall–Kier alpha value is -2.76. The van der Waals surface area contributed by atoms with Crippen LogP contribution < -0.4 is 4.74 Å². The first-order valence-electron chi connectivity index (χ1n) is 6.88. The van der Waals surface area contributed by atoms with Crippen LogP contribution in [0.25, 0.3) is 0 Å². The molecule has 6 heteroatoms. The van der Waals surface area contributed by atoms with Crippen LogP contribution in [0.2, 0.25) is 0 Å². The van der Waals surface area contributed by atoms with Crippen LogP contribution in [0.1, 0.15) is 52.6 Å². The second kappa shape index (κ2) is 5.22. The maximum Gasteiger partial charge on any atom is 0.308 e. The Kier molecular flexibility index (Phi) is 3.36. The molecule has 0 N–H and O–H groups in total. The van der Waals surface area contributed by atoms with Crippen LogP contribution >= 0.6 is 0 Å². The van der Waals surface area contributed by atoms with Gasteiger partial charge in [-0.25, -0.2) is 4.68 Å². The van der Waals surface area contributed by atoms with Crippen molar-refractivity contribution in [3.05, 3.63) is 47.3 Å². The molecule has 2 aromatic rings. The summed E-state index contributed by atoms with van der Waals surface area (Å²) in [5.74, 6) is -0.446. The Balaban J connectivity index is 1.96. The van der Waals surface area contributed by atoms with Crippen molar-refractivity contribution in [2.45, 2.75) is 26.2 Å². The number of hydrogen-bond acceptors (Lipinski definition) is 5. The second-order valence-electron chi connectivity index (χ2n) is 5.23. The predicted octanol–water partition coefficient (Wildman–Crippen LogP) is 2.19. The van der Waals surface area contributed by atoms with Gasteiger partial charge in [0.1, 0.15) is 5.75 Å². The lowest BCUT2D eigenvalue weighted by molar-refractivity contribution is -0.131. The van der Waals surface area contributed by atoms with Crippen molar-refractivity contribution in [1.82, 2.24) is 9.78 Å². The van der Waals surface area contributed by atoms with Crippen molar-refractivity contribution in [2.75, 3.05) is 0 Å². The number of carbonyl (C=O) groups excluding carboxylic acids is 3. The third-order valence-electron chi connectivity index (χ3n) is 3.64. The van der Waals surface area contributed by atoms with Gasteiger partial charge in [0.2, 0.25) is 5.91 Å². The van der Waals surface area contributed by atoms with Crippen LogP contribution in [0.3, 0.4) is 0 Å². The summed E-state index contributed by atoms with van der Waals surface area (Å²) in [7, 11) is 0. The molecule has 1 heterocycles. The van der Waals surface area contributed by atoms with Crippen LogP contribution in [-0.4, -0.2) is 27.4 Å². The second-order valence-corrected chi connectivity index (χ2v) is 5.23. The molecule has 0 bridgehead atoms. The van der Waals surface area contributed by atoms with E-state index in [1.807, 2.05) is 0 Å². The third-order valence-corrected chi connectivity index (χ3v) is 3.64. The maximum atomic E-state index is 12.2. The van der Waals surface area contributed by atoms with E-state index in [1.165, 1.54) is 18.5 Å². The van der Waals surface area contributed by atoms with Gasteiger partial charge in [-0.15, -0.1) is 0 Å². The molecular formula is C16H14N2O4. The van der Waals surface area contributed by atoms with Crippen molar-refractivity contribution >= 4 is 17.7 Å². The molecule has 0 fully saturated rings. The van der Waals surface area contributed by atoms with Crippen LogP contribution in [0, 0.1) is 0 Å². The number of rotatable bonds is 2. The molecule has 1 aromatic carbocycles. The van der Waals surface area contributed by atoms with Crippen LogP contribution in [0.5, 0.6) is 5.75 Å². The number of carbonyl (C=O) groups is 3. The van der Waals surface area contributed by atoms with Crippen molar-refractivity contribution in [3.8, 4) is 5.75 Å². The minimum absolute atomic E-state index is 0.0219. The molecule has 0 aliphatic heterocycles. The summed E-state index contributed by atoms with van der Waals surface area (Å²) in [6.45, 7) is 2.74. The number of hydrogen-bond donors (Lipinski definition) is 0. The van der Waals surface area contributed by atoms with Gasteiger partial charge < -0.3 is 4.74 Å². The Labute approximate surface area is 126 Å². The summed E-state index contributed by atoms with van der Waals surface area (Å²) >= 11 is 0. The van der Waals surface area contributed by atoms with Gasteiger partial charge in [0.15, 0.2) is 5.78 Å². The van der Waals surface area contributed by atoms with Crippen molar-refractivity contribution in [3.63, 3.8) is 0 Å². The van der Waals surface area contributed by atoms with Gasteiger partial charge in [-0.2, -0.15) is 5.10 Å². The Morgan fingerprint density at radius 3 is 2.68 bits per heavy atom. The summed E-state index contributed by atoms with van der Waals surface area (Å²) in [5.41, 5.74) is 2.07. The summed E-state index contributed by atoms with van der Waals surface area (Å²) in [4.78, 5) is 34.5. The van der Waals surface area contributed by atoms with Crippen LogP contribution in [0.15, 0.2) is 30.5 Å². The molecule has 3 rings (SSSR count). The molecule has 1 aliphatic rings. The lowest BCUT2D eigenvalue weighted by Crippen LogP contribution is -2.07. The molecule has 22 heavy (non-hydrogen) atoms. The fourth-order valence-corrected chi connectivity index (χ4v) is 2.68. The highest BCUT2D eigenvalue weighted by atomic mass is 16.5. The molecule has 112 valence electrons. The number of ether oxygens (including phenoxy) is 1. The Morgan fingerprint density at radius 2 is 2.05 bits per heavy atom. The lowest BCUT2D eigenvalue weighted by atomic mass is 9.98. The first kappa shape index (κ1) is 14.2. The molecule has 0 spiro atoms. The monoisotopic (exact) mass is 298 g/mol. The van der Waals surface area contributed by atoms with E-state index in [9.17, 15) is 14.4 Å². The Bertz CT molecular complexity index is 791. The number of nitrogens with zero attached hydrogens (tertiary/aromatic N) is 2. The van der Waals surface area contributed by atoms with E-state index in [0.717, 1.165) is 5.56 Å². The van der Waals surface area contributed by atoms with Crippen molar-refractivity contribution in [2.24, 2.45) is 0 Å². The summed E-state index contributed by atoms with van der Waals surface area (Å²) in [6.07, 6.45) is 1.89. The number of fused-ring (bicyclic) bond motifs is 1. The molecule has 0 saturated heterocycles. The fraction of sp³-hybridized carbons (Fsp3) is 0.250. The van der Waals surface area contributed by atoms with E-state index in [0.29, 0.717) is 23.4 Å². The van der Waals surface area contributed by atoms with Crippen molar-refractivity contribution < 1.29 is 19.1 Å².